The molecule has 0 atom stereocenters. The van der Waals surface area contributed by atoms with Crippen LogP contribution in [0.15, 0.2) is 17.5 Å². The topological polar surface area (TPSA) is 36.5 Å². The average molecular weight is 313 g/mol. The number of morpholine rings is 1. The van der Waals surface area contributed by atoms with Gasteiger partial charge in [-0.25, -0.2) is 0 Å². The van der Waals surface area contributed by atoms with Crippen molar-refractivity contribution in [3.63, 3.8) is 0 Å². The third kappa shape index (κ3) is 4.70. The van der Waals surface area contributed by atoms with E-state index in [1.807, 2.05) is 0 Å². The van der Waals surface area contributed by atoms with Crippen LogP contribution in [0.2, 0.25) is 0 Å². The lowest BCUT2D eigenvalue weighted by Crippen LogP contribution is -2.56. The summed E-state index contributed by atoms with van der Waals surface area (Å²) in [6.45, 7) is 9.74. The van der Waals surface area contributed by atoms with Gasteiger partial charge in [0.2, 0.25) is 0 Å². The van der Waals surface area contributed by atoms with Gasteiger partial charge >= 0.3 is 0 Å². The van der Waals surface area contributed by atoms with Gasteiger partial charge in [-0.2, -0.15) is 0 Å². The van der Waals surface area contributed by atoms with Gasteiger partial charge in [0.25, 0.3) is 0 Å². The highest BCUT2D eigenvalue weighted by atomic mass is 32.1. The SMILES string of the molecule is CC(C)(CNC(=S)NCc1cccs1)N1CCOCC1. The summed E-state index contributed by atoms with van der Waals surface area (Å²) in [7, 11) is 0. The van der Waals surface area contributed by atoms with Gasteiger partial charge in [0, 0.05) is 30.1 Å². The van der Waals surface area contributed by atoms with Crippen LogP contribution in [0.5, 0.6) is 0 Å². The second-order valence-electron chi connectivity index (χ2n) is 5.53. The maximum atomic E-state index is 5.40. The zero-order chi connectivity index (χ0) is 14.4. The van der Waals surface area contributed by atoms with Crippen molar-refractivity contribution in [3.05, 3.63) is 22.4 Å². The Hall–Kier alpha value is -0.690. The van der Waals surface area contributed by atoms with Gasteiger partial charge in [-0.3, -0.25) is 4.90 Å². The molecule has 112 valence electrons. The third-order valence-electron chi connectivity index (χ3n) is 3.55. The van der Waals surface area contributed by atoms with Crippen molar-refractivity contribution in [1.29, 1.82) is 0 Å². The molecular weight excluding hydrogens is 290 g/mol. The Bertz CT molecular complexity index is 414. The average Bonchev–Trinajstić information content (AvgIpc) is 2.97. The lowest BCUT2D eigenvalue weighted by Gasteiger charge is -2.41. The van der Waals surface area contributed by atoms with E-state index in [9.17, 15) is 0 Å². The molecule has 0 unspecified atom stereocenters. The quantitative estimate of drug-likeness (QED) is 0.811. The standard InChI is InChI=1S/C14H23N3OS2/c1-14(2,17-5-7-18-8-6-17)11-16-13(19)15-10-12-4-3-9-20-12/h3-4,9H,5-8,10-11H2,1-2H3,(H2,15,16,19). The zero-order valence-corrected chi connectivity index (χ0v) is 13.8. The largest absolute Gasteiger partial charge is 0.379 e. The van der Waals surface area contributed by atoms with Gasteiger partial charge in [0.1, 0.15) is 0 Å². The zero-order valence-electron chi connectivity index (χ0n) is 12.1. The molecule has 0 aliphatic carbocycles. The molecule has 2 rings (SSSR count). The molecule has 1 aromatic rings. The van der Waals surface area contributed by atoms with Crippen LogP contribution >= 0.6 is 23.6 Å². The minimum Gasteiger partial charge on any atom is -0.379 e. The van der Waals surface area contributed by atoms with Crippen molar-refractivity contribution in [2.75, 3.05) is 32.8 Å². The van der Waals surface area contributed by atoms with Crippen molar-refractivity contribution >= 4 is 28.7 Å². The fourth-order valence-corrected chi connectivity index (χ4v) is 3.01. The van der Waals surface area contributed by atoms with E-state index in [1.54, 1.807) is 11.3 Å². The molecule has 1 fully saturated rings. The summed E-state index contributed by atoms with van der Waals surface area (Å²) < 4.78 is 5.40. The second kappa shape index (κ2) is 7.36. The van der Waals surface area contributed by atoms with Gasteiger partial charge in [-0.15, -0.1) is 11.3 Å². The van der Waals surface area contributed by atoms with Crippen LogP contribution in [0.25, 0.3) is 0 Å². The predicted octanol–water partition coefficient (Wildman–Crippen LogP) is 1.82. The summed E-state index contributed by atoms with van der Waals surface area (Å²) in [5, 5.41) is 9.37. The first-order valence-corrected chi connectivity index (χ1v) is 8.23. The fraction of sp³-hybridized carbons (Fsp3) is 0.643. The first kappa shape index (κ1) is 15.7. The number of ether oxygens (including phenoxy) is 1. The summed E-state index contributed by atoms with van der Waals surface area (Å²) >= 11 is 7.08. The van der Waals surface area contributed by atoms with Crippen LogP contribution in [0.3, 0.4) is 0 Å². The molecule has 4 nitrogen and oxygen atoms in total. The highest BCUT2D eigenvalue weighted by Gasteiger charge is 2.28. The molecular formula is C14H23N3OS2. The van der Waals surface area contributed by atoms with E-state index >= 15 is 0 Å². The molecule has 1 aliphatic rings. The van der Waals surface area contributed by atoms with Gasteiger partial charge < -0.3 is 15.4 Å². The Morgan fingerprint density at radius 2 is 2.15 bits per heavy atom. The molecule has 1 saturated heterocycles. The first-order valence-electron chi connectivity index (χ1n) is 6.95. The van der Waals surface area contributed by atoms with Gasteiger partial charge in [0.15, 0.2) is 5.11 Å². The number of thiophene rings is 1. The molecule has 2 N–H and O–H groups in total. The number of hydrogen-bond acceptors (Lipinski definition) is 4. The van der Waals surface area contributed by atoms with Crippen LogP contribution in [0, 0.1) is 0 Å². The smallest absolute Gasteiger partial charge is 0.166 e. The summed E-state index contributed by atoms with van der Waals surface area (Å²) in [5.74, 6) is 0. The van der Waals surface area contributed by atoms with E-state index in [4.69, 9.17) is 17.0 Å². The maximum Gasteiger partial charge on any atom is 0.166 e. The van der Waals surface area contributed by atoms with Crippen molar-refractivity contribution in [2.24, 2.45) is 0 Å². The Labute approximate surface area is 130 Å². The molecule has 0 saturated carbocycles. The van der Waals surface area contributed by atoms with E-state index in [-0.39, 0.29) is 5.54 Å². The highest BCUT2D eigenvalue weighted by Crippen LogP contribution is 2.15. The minimum absolute atomic E-state index is 0.0818. The van der Waals surface area contributed by atoms with E-state index < -0.39 is 0 Å². The number of nitrogens with one attached hydrogen (secondary N) is 2. The first-order chi connectivity index (χ1) is 9.58. The molecule has 0 amide bonds. The summed E-state index contributed by atoms with van der Waals surface area (Å²) in [6, 6.07) is 4.16. The number of thiocarbonyl (C=S) groups is 1. The van der Waals surface area contributed by atoms with Crippen molar-refractivity contribution in [1.82, 2.24) is 15.5 Å². The van der Waals surface area contributed by atoms with E-state index in [0.29, 0.717) is 0 Å². The Morgan fingerprint density at radius 3 is 2.80 bits per heavy atom. The van der Waals surface area contributed by atoms with E-state index in [2.05, 4.69) is 46.9 Å². The lowest BCUT2D eigenvalue weighted by molar-refractivity contribution is -0.00829. The normalized spacial score (nSPS) is 16.9. The van der Waals surface area contributed by atoms with Crippen molar-refractivity contribution in [3.8, 4) is 0 Å². The van der Waals surface area contributed by atoms with Crippen molar-refractivity contribution < 1.29 is 4.74 Å². The Kier molecular flexibility index (Phi) is 5.77. The summed E-state index contributed by atoms with van der Waals surface area (Å²) in [6.07, 6.45) is 0. The molecule has 0 spiro atoms. The Morgan fingerprint density at radius 1 is 1.40 bits per heavy atom. The predicted molar refractivity (Wildman–Crippen MR) is 88.2 cm³/mol. The molecule has 1 aliphatic heterocycles. The number of hydrogen-bond donors (Lipinski definition) is 2. The van der Waals surface area contributed by atoms with Crippen LogP contribution < -0.4 is 10.6 Å². The molecule has 0 aromatic carbocycles. The van der Waals surface area contributed by atoms with E-state index in [0.717, 1.165) is 44.5 Å². The van der Waals surface area contributed by atoms with Crippen LogP contribution in [-0.4, -0.2) is 48.4 Å². The lowest BCUT2D eigenvalue weighted by atomic mass is 10.0. The van der Waals surface area contributed by atoms with E-state index in [1.165, 1.54) is 4.88 Å². The molecule has 2 heterocycles. The van der Waals surface area contributed by atoms with Gasteiger partial charge in [-0.05, 0) is 37.5 Å². The van der Waals surface area contributed by atoms with Gasteiger partial charge in [-0.1, -0.05) is 6.07 Å². The molecule has 6 heteroatoms. The third-order valence-corrected chi connectivity index (χ3v) is 4.72. The van der Waals surface area contributed by atoms with Crippen LogP contribution in [-0.2, 0) is 11.3 Å². The van der Waals surface area contributed by atoms with Gasteiger partial charge in [0.05, 0.1) is 19.8 Å². The molecule has 0 radical (unpaired) electrons. The highest BCUT2D eigenvalue weighted by molar-refractivity contribution is 7.80. The monoisotopic (exact) mass is 313 g/mol. The molecule has 20 heavy (non-hydrogen) atoms. The maximum absolute atomic E-state index is 5.40. The second-order valence-corrected chi connectivity index (χ2v) is 6.97. The number of rotatable bonds is 5. The summed E-state index contributed by atoms with van der Waals surface area (Å²) in [4.78, 5) is 3.74. The Balaban J connectivity index is 1.71. The summed E-state index contributed by atoms with van der Waals surface area (Å²) in [5.41, 5.74) is 0.0818. The van der Waals surface area contributed by atoms with Crippen LogP contribution in [0.1, 0.15) is 18.7 Å². The minimum atomic E-state index is 0.0818. The van der Waals surface area contributed by atoms with Crippen LogP contribution in [0.4, 0.5) is 0 Å². The van der Waals surface area contributed by atoms with Crippen molar-refractivity contribution in [2.45, 2.75) is 25.9 Å². The number of nitrogens with zero attached hydrogens (tertiary/aromatic N) is 1. The molecule has 1 aromatic heterocycles. The fourth-order valence-electron chi connectivity index (χ4n) is 2.22. The molecule has 0 bridgehead atoms.